The monoisotopic (exact) mass is 649 g/mol. The number of hydrogen-bond donors (Lipinski definition) is 8. The maximum Gasteiger partial charge on any atom is 0.243 e. The summed E-state index contributed by atoms with van der Waals surface area (Å²) in [5.74, 6) is -2.17. The van der Waals surface area contributed by atoms with E-state index in [0.29, 0.717) is 41.9 Å². The molecular formula is C33H47N9O5. The second-order valence-corrected chi connectivity index (χ2v) is 11.3. The van der Waals surface area contributed by atoms with Crippen molar-refractivity contribution in [1.29, 1.82) is 0 Å². The number of nitrogens with one attached hydrogen (secondary N) is 4. The summed E-state index contributed by atoms with van der Waals surface area (Å²) in [7, 11) is 0. The van der Waals surface area contributed by atoms with Gasteiger partial charge < -0.3 is 44.2 Å². The Morgan fingerprint density at radius 1 is 0.702 bits per heavy atom. The number of carbonyl (C=O) groups is 5. The molecule has 14 nitrogen and oxygen atoms in total. The lowest BCUT2D eigenvalue weighted by Crippen LogP contribution is -2.56. The van der Waals surface area contributed by atoms with Crippen LogP contribution < -0.4 is 44.2 Å². The predicted octanol–water partition coefficient (Wildman–Crippen LogP) is 0.0532. The Morgan fingerprint density at radius 3 is 1.81 bits per heavy atom. The van der Waals surface area contributed by atoms with Crippen LogP contribution in [0.3, 0.4) is 0 Å². The van der Waals surface area contributed by atoms with E-state index in [1.807, 2.05) is 19.9 Å². The van der Waals surface area contributed by atoms with Gasteiger partial charge in [-0.2, -0.15) is 0 Å². The molecule has 0 bridgehead atoms. The SMILES string of the molecule is CC(=O)NC(CCCNC(N)=C(C)C)C(=O)NC(CCCN=C(N)N)C(=O)NC(Cc1ccc(C(=O)c2ccccc2)cc1)C(N)=O. The standard InChI is InChI=1S/C33H47N9O5/c1-20(2)29(34)38-17-7-11-25(40-21(3)43)31(46)41-26(12-8-18-39-33(36)37)32(47)42-27(30(35)45)19-22-13-15-24(16-14-22)28(44)23-9-5-4-6-10-23/h4-6,9-10,13-16,25-27,38H,7-8,11-12,17-19,34H2,1-3H3,(H2,35,45)(H,40,43)(H,41,46)(H,42,47)(H4,36,37,39). The Balaban J connectivity index is 2.15. The third-order valence-corrected chi connectivity index (χ3v) is 7.15. The molecule has 0 saturated heterocycles. The Morgan fingerprint density at radius 2 is 1.26 bits per heavy atom. The average molecular weight is 650 g/mol. The first kappa shape index (κ1) is 37.8. The Hall–Kier alpha value is -5.40. The first-order chi connectivity index (χ1) is 22.3. The van der Waals surface area contributed by atoms with Crippen LogP contribution in [0, 0.1) is 0 Å². The normalized spacial score (nSPS) is 12.4. The van der Waals surface area contributed by atoms with Crippen molar-refractivity contribution in [3.63, 3.8) is 0 Å². The minimum atomic E-state index is -1.12. The zero-order chi connectivity index (χ0) is 34.9. The molecule has 0 heterocycles. The van der Waals surface area contributed by atoms with Crippen molar-refractivity contribution in [2.45, 2.75) is 71.0 Å². The van der Waals surface area contributed by atoms with Crippen LogP contribution in [0.15, 0.2) is 71.0 Å². The van der Waals surface area contributed by atoms with Crippen molar-refractivity contribution in [3.8, 4) is 0 Å². The van der Waals surface area contributed by atoms with E-state index in [-0.39, 0.29) is 37.6 Å². The fraction of sp³-hybridized carbons (Fsp3) is 0.394. The van der Waals surface area contributed by atoms with Crippen LogP contribution in [0.4, 0.5) is 0 Å². The Labute approximate surface area is 275 Å². The second kappa shape index (κ2) is 19.2. The third kappa shape index (κ3) is 13.6. The lowest BCUT2D eigenvalue weighted by atomic mass is 9.99. The van der Waals surface area contributed by atoms with Gasteiger partial charge >= 0.3 is 0 Å². The van der Waals surface area contributed by atoms with Gasteiger partial charge in [-0.25, -0.2) is 0 Å². The van der Waals surface area contributed by atoms with Gasteiger partial charge in [0, 0.05) is 37.6 Å². The number of aliphatic imine (C=N–C) groups is 1. The van der Waals surface area contributed by atoms with Crippen LogP contribution in [-0.2, 0) is 25.6 Å². The highest BCUT2D eigenvalue weighted by atomic mass is 16.2. The molecule has 47 heavy (non-hydrogen) atoms. The number of rotatable bonds is 19. The van der Waals surface area contributed by atoms with Crippen LogP contribution in [-0.4, -0.2) is 66.6 Å². The number of ketones is 1. The largest absolute Gasteiger partial charge is 0.386 e. The molecule has 12 N–H and O–H groups in total. The summed E-state index contributed by atoms with van der Waals surface area (Å²) in [6.07, 6.45) is 1.26. The quantitative estimate of drug-likeness (QED) is 0.0442. The van der Waals surface area contributed by atoms with E-state index in [0.717, 1.165) is 5.57 Å². The lowest BCUT2D eigenvalue weighted by molar-refractivity contribution is -0.133. The number of amides is 4. The van der Waals surface area contributed by atoms with E-state index in [4.69, 9.17) is 22.9 Å². The molecule has 2 aromatic carbocycles. The summed E-state index contributed by atoms with van der Waals surface area (Å²) in [6.45, 7) is 5.68. The molecule has 14 heteroatoms. The molecule has 0 spiro atoms. The van der Waals surface area contributed by atoms with E-state index < -0.39 is 41.8 Å². The van der Waals surface area contributed by atoms with Crippen molar-refractivity contribution >= 4 is 35.4 Å². The van der Waals surface area contributed by atoms with Gasteiger partial charge in [0.15, 0.2) is 11.7 Å². The number of hydrogen-bond acceptors (Lipinski definition) is 8. The maximum absolute atomic E-state index is 13.5. The molecule has 3 unspecified atom stereocenters. The van der Waals surface area contributed by atoms with E-state index in [1.165, 1.54) is 6.92 Å². The van der Waals surface area contributed by atoms with Crippen LogP contribution in [0.2, 0.25) is 0 Å². The van der Waals surface area contributed by atoms with Gasteiger partial charge in [0.05, 0.1) is 5.82 Å². The fourth-order valence-corrected chi connectivity index (χ4v) is 4.54. The van der Waals surface area contributed by atoms with E-state index in [2.05, 4.69) is 26.3 Å². The lowest BCUT2D eigenvalue weighted by Gasteiger charge is -2.25. The molecule has 0 aromatic heterocycles. The zero-order valence-corrected chi connectivity index (χ0v) is 27.2. The highest BCUT2D eigenvalue weighted by Crippen LogP contribution is 2.13. The van der Waals surface area contributed by atoms with Gasteiger partial charge in [-0.05, 0) is 50.7 Å². The van der Waals surface area contributed by atoms with Crippen LogP contribution >= 0.6 is 0 Å². The van der Waals surface area contributed by atoms with Gasteiger partial charge in [0.1, 0.15) is 18.1 Å². The zero-order valence-electron chi connectivity index (χ0n) is 27.2. The Bertz CT molecular complexity index is 1430. The van der Waals surface area contributed by atoms with Crippen molar-refractivity contribution in [1.82, 2.24) is 21.3 Å². The summed E-state index contributed by atoms with van der Waals surface area (Å²) in [4.78, 5) is 67.8. The van der Waals surface area contributed by atoms with Crippen molar-refractivity contribution in [2.24, 2.45) is 27.9 Å². The summed E-state index contributed by atoms with van der Waals surface area (Å²) in [5.41, 5.74) is 24.9. The third-order valence-electron chi connectivity index (χ3n) is 7.15. The second-order valence-electron chi connectivity index (χ2n) is 11.3. The van der Waals surface area contributed by atoms with E-state index in [1.54, 1.807) is 48.5 Å². The van der Waals surface area contributed by atoms with Gasteiger partial charge in [0.25, 0.3) is 0 Å². The smallest absolute Gasteiger partial charge is 0.243 e. The van der Waals surface area contributed by atoms with Crippen LogP contribution in [0.1, 0.15) is 67.9 Å². The summed E-state index contributed by atoms with van der Waals surface area (Å²) in [6, 6.07) is 12.3. The molecular weight excluding hydrogens is 602 g/mol. The van der Waals surface area contributed by atoms with Gasteiger partial charge in [-0.15, -0.1) is 0 Å². The minimum absolute atomic E-state index is 0.0475. The number of allylic oxidation sites excluding steroid dienone is 1. The van der Waals surface area contributed by atoms with Gasteiger partial charge in [0.2, 0.25) is 23.6 Å². The number of guanidine groups is 1. The molecule has 0 aliphatic heterocycles. The van der Waals surface area contributed by atoms with Gasteiger partial charge in [-0.1, -0.05) is 54.6 Å². The van der Waals surface area contributed by atoms with Crippen LogP contribution in [0.25, 0.3) is 0 Å². The molecule has 3 atom stereocenters. The summed E-state index contributed by atoms with van der Waals surface area (Å²) < 4.78 is 0. The highest BCUT2D eigenvalue weighted by Gasteiger charge is 2.28. The molecule has 2 aromatic rings. The molecule has 4 amide bonds. The topological polar surface area (TPSA) is 250 Å². The molecule has 0 fully saturated rings. The van der Waals surface area contributed by atoms with Crippen LogP contribution in [0.5, 0.6) is 0 Å². The van der Waals surface area contributed by atoms with E-state index >= 15 is 0 Å². The number of benzene rings is 2. The van der Waals surface area contributed by atoms with Crippen molar-refractivity contribution in [2.75, 3.05) is 13.1 Å². The predicted molar refractivity (Wildman–Crippen MR) is 180 cm³/mol. The molecule has 0 aliphatic rings. The Kier molecular flexibility index (Phi) is 15.4. The number of nitrogens with zero attached hydrogens (tertiary/aromatic N) is 1. The highest BCUT2D eigenvalue weighted by molar-refractivity contribution is 6.09. The number of carbonyl (C=O) groups excluding carboxylic acids is 5. The fourth-order valence-electron chi connectivity index (χ4n) is 4.54. The molecule has 254 valence electrons. The number of nitrogens with two attached hydrogens (primary N) is 4. The maximum atomic E-state index is 13.5. The first-order valence-corrected chi connectivity index (χ1v) is 15.4. The average Bonchev–Trinajstić information content (AvgIpc) is 3.03. The van der Waals surface area contributed by atoms with Gasteiger partial charge in [-0.3, -0.25) is 29.0 Å². The van der Waals surface area contributed by atoms with Crippen molar-refractivity contribution < 1.29 is 24.0 Å². The molecule has 0 saturated carbocycles. The molecule has 0 radical (unpaired) electrons. The number of primary amides is 1. The summed E-state index contributed by atoms with van der Waals surface area (Å²) in [5, 5.41) is 11.0. The van der Waals surface area contributed by atoms with E-state index in [9.17, 15) is 24.0 Å². The minimum Gasteiger partial charge on any atom is -0.386 e. The molecule has 0 aliphatic carbocycles. The summed E-state index contributed by atoms with van der Waals surface area (Å²) >= 11 is 0. The molecule has 2 rings (SSSR count). The first-order valence-electron chi connectivity index (χ1n) is 15.4. The van der Waals surface area contributed by atoms with Crippen molar-refractivity contribution in [3.05, 3.63) is 82.7 Å².